The van der Waals surface area contributed by atoms with Gasteiger partial charge < -0.3 is 10.6 Å². The molecule has 1 aliphatic rings. The van der Waals surface area contributed by atoms with Crippen LogP contribution >= 0.6 is 11.8 Å². The van der Waals surface area contributed by atoms with Crippen molar-refractivity contribution in [1.29, 1.82) is 0 Å². The number of rotatable bonds is 4. The molecule has 0 spiro atoms. The molecule has 0 saturated carbocycles. The molecule has 0 bridgehead atoms. The maximum Gasteiger partial charge on any atom is 0.234 e. The predicted molar refractivity (Wildman–Crippen MR) is 114 cm³/mol. The monoisotopic (exact) mass is 389 g/mol. The molecule has 0 fully saturated rings. The van der Waals surface area contributed by atoms with Gasteiger partial charge in [-0.05, 0) is 28.5 Å². The molecule has 1 heterocycles. The van der Waals surface area contributed by atoms with Gasteiger partial charge in [0.25, 0.3) is 0 Å². The molecule has 3 aromatic carbocycles. The second-order valence-corrected chi connectivity index (χ2v) is 7.48. The number of nitrogens with one attached hydrogen (secondary N) is 2. The lowest BCUT2D eigenvalue weighted by Crippen LogP contribution is -2.35. The average molecular weight is 389 g/mol. The van der Waals surface area contributed by atoms with Crippen LogP contribution in [0.4, 0.5) is 5.69 Å². The topological polar surface area (TPSA) is 70.6 Å². The summed E-state index contributed by atoms with van der Waals surface area (Å²) in [5, 5.41) is 8.34. The van der Waals surface area contributed by atoms with Gasteiger partial charge in [0, 0.05) is 5.69 Å². The van der Waals surface area contributed by atoms with Crippen molar-refractivity contribution >= 4 is 45.2 Å². The molecule has 28 heavy (non-hydrogen) atoms. The SMILES string of the molecule is O=C1CC(c2ccccc2)N=C(SCC(=O)Nc2ccc3ccccc3c2)N1. The van der Waals surface area contributed by atoms with Crippen LogP contribution in [-0.2, 0) is 9.59 Å². The van der Waals surface area contributed by atoms with Gasteiger partial charge in [-0.1, -0.05) is 72.4 Å². The highest BCUT2D eigenvalue weighted by molar-refractivity contribution is 8.14. The van der Waals surface area contributed by atoms with Gasteiger partial charge in [-0.3, -0.25) is 14.6 Å². The van der Waals surface area contributed by atoms with Crippen LogP contribution in [0, 0.1) is 0 Å². The Kier molecular flexibility index (Phi) is 5.39. The summed E-state index contributed by atoms with van der Waals surface area (Å²) in [6.07, 6.45) is 0.317. The summed E-state index contributed by atoms with van der Waals surface area (Å²) < 4.78 is 0. The molecule has 0 aliphatic carbocycles. The number of amides is 2. The first-order chi connectivity index (χ1) is 13.7. The van der Waals surface area contributed by atoms with Crippen LogP contribution in [0.3, 0.4) is 0 Å². The van der Waals surface area contributed by atoms with Crippen molar-refractivity contribution in [2.75, 3.05) is 11.1 Å². The van der Waals surface area contributed by atoms with Crippen LogP contribution in [0.1, 0.15) is 18.0 Å². The summed E-state index contributed by atoms with van der Waals surface area (Å²) in [7, 11) is 0. The summed E-state index contributed by atoms with van der Waals surface area (Å²) in [5.41, 5.74) is 1.75. The predicted octanol–water partition coefficient (Wildman–Crippen LogP) is 4.13. The highest BCUT2D eigenvalue weighted by Gasteiger charge is 2.23. The molecule has 1 atom stereocenters. The number of hydrogen-bond donors (Lipinski definition) is 2. The molecular weight excluding hydrogens is 370 g/mol. The maximum absolute atomic E-state index is 12.3. The Morgan fingerprint density at radius 2 is 1.79 bits per heavy atom. The van der Waals surface area contributed by atoms with E-state index in [2.05, 4.69) is 15.6 Å². The van der Waals surface area contributed by atoms with Crippen molar-refractivity contribution in [3.63, 3.8) is 0 Å². The Balaban J connectivity index is 1.39. The van der Waals surface area contributed by atoms with Crippen LogP contribution in [0.15, 0.2) is 77.8 Å². The number of aliphatic imine (C=N–C) groups is 1. The van der Waals surface area contributed by atoms with Crippen molar-refractivity contribution in [3.05, 3.63) is 78.4 Å². The highest BCUT2D eigenvalue weighted by Crippen LogP contribution is 2.25. The Labute approximate surface area is 167 Å². The van der Waals surface area contributed by atoms with Gasteiger partial charge in [0.1, 0.15) is 0 Å². The second-order valence-electron chi connectivity index (χ2n) is 6.51. The molecule has 2 amide bonds. The van der Waals surface area contributed by atoms with Gasteiger partial charge in [-0.15, -0.1) is 0 Å². The van der Waals surface area contributed by atoms with Gasteiger partial charge in [-0.25, -0.2) is 0 Å². The molecule has 6 heteroatoms. The third-order valence-electron chi connectivity index (χ3n) is 4.46. The van der Waals surface area contributed by atoms with Crippen molar-refractivity contribution in [1.82, 2.24) is 5.32 Å². The lowest BCUT2D eigenvalue weighted by atomic mass is 10.0. The van der Waals surface area contributed by atoms with E-state index in [-0.39, 0.29) is 23.6 Å². The fraction of sp³-hybridized carbons (Fsp3) is 0.136. The van der Waals surface area contributed by atoms with E-state index in [9.17, 15) is 9.59 Å². The summed E-state index contributed by atoms with van der Waals surface area (Å²) in [6.45, 7) is 0. The summed E-state index contributed by atoms with van der Waals surface area (Å²) in [5.74, 6) is -0.0478. The molecule has 140 valence electrons. The van der Waals surface area contributed by atoms with E-state index in [4.69, 9.17) is 0 Å². The van der Waals surface area contributed by atoms with E-state index >= 15 is 0 Å². The zero-order valence-electron chi connectivity index (χ0n) is 15.1. The molecule has 0 saturated heterocycles. The molecule has 3 aromatic rings. The van der Waals surface area contributed by atoms with Gasteiger partial charge in [0.05, 0.1) is 18.2 Å². The lowest BCUT2D eigenvalue weighted by molar-refractivity contribution is -0.120. The first kappa shape index (κ1) is 18.3. The number of nitrogens with zero attached hydrogens (tertiary/aromatic N) is 1. The summed E-state index contributed by atoms with van der Waals surface area (Å²) in [6, 6.07) is 23.3. The number of carbonyl (C=O) groups excluding carboxylic acids is 2. The van der Waals surface area contributed by atoms with Crippen molar-refractivity contribution in [2.45, 2.75) is 12.5 Å². The van der Waals surface area contributed by atoms with Crippen molar-refractivity contribution in [2.24, 2.45) is 4.99 Å². The van der Waals surface area contributed by atoms with E-state index in [1.807, 2.05) is 72.8 Å². The molecule has 0 radical (unpaired) electrons. The minimum absolute atomic E-state index is 0.0821. The molecule has 5 nitrogen and oxygen atoms in total. The van der Waals surface area contributed by atoms with E-state index in [1.165, 1.54) is 11.8 Å². The van der Waals surface area contributed by atoms with E-state index in [0.29, 0.717) is 11.6 Å². The molecule has 0 aromatic heterocycles. The van der Waals surface area contributed by atoms with Gasteiger partial charge in [0.2, 0.25) is 11.8 Å². The summed E-state index contributed by atoms with van der Waals surface area (Å²) in [4.78, 5) is 28.9. The standard InChI is InChI=1S/C22H19N3O2S/c26-20-13-19(16-7-2-1-3-8-16)24-22(25-20)28-14-21(27)23-18-11-10-15-6-4-5-9-17(15)12-18/h1-12,19H,13-14H2,(H,23,27)(H,24,25,26). The smallest absolute Gasteiger partial charge is 0.234 e. The Bertz CT molecular complexity index is 1050. The number of amidine groups is 1. The quantitative estimate of drug-likeness (QED) is 0.705. The first-order valence-electron chi connectivity index (χ1n) is 9.01. The van der Waals surface area contributed by atoms with E-state index < -0.39 is 0 Å². The fourth-order valence-electron chi connectivity index (χ4n) is 3.10. The Hall–Kier alpha value is -3.12. The normalized spacial score (nSPS) is 16.4. The molecule has 1 unspecified atom stereocenters. The summed E-state index contributed by atoms with van der Waals surface area (Å²) >= 11 is 1.24. The lowest BCUT2D eigenvalue weighted by Gasteiger charge is -2.20. The number of thioether (sulfide) groups is 1. The molecule has 4 rings (SSSR count). The third kappa shape index (κ3) is 4.40. The van der Waals surface area contributed by atoms with Crippen LogP contribution in [0.5, 0.6) is 0 Å². The van der Waals surface area contributed by atoms with Crippen LogP contribution in [-0.4, -0.2) is 22.7 Å². The van der Waals surface area contributed by atoms with E-state index in [1.54, 1.807) is 0 Å². The second kappa shape index (κ2) is 8.27. The Morgan fingerprint density at radius 1 is 1.04 bits per heavy atom. The van der Waals surface area contributed by atoms with Gasteiger partial charge in [-0.2, -0.15) is 0 Å². The minimum atomic E-state index is -0.207. The average Bonchev–Trinajstić information content (AvgIpc) is 2.72. The molecule has 1 aliphatic heterocycles. The highest BCUT2D eigenvalue weighted by atomic mass is 32.2. The number of anilines is 1. The molecular formula is C22H19N3O2S. The number of fused-ring (bicyclic) bond motifs is 1. The molecule has 2 N–H and O–H groups in total. The van der Waals surface area contributed by atoms with Crippen molar-refractivity contribution in [3.8, 4) is 0 Å². The van der Waals surface area contributed by atoms with Gasteiger partial charge >= 0.3 is 0 Å². The van der Waals surface area contributed by atoms with Crippen LogP contribution in [0.25, 0.3) is 10.8 Å². The van der Waals surface area contributed by atoms with Crippen LogP contribution in [0.2, 0.25) is 0 Å². The van der Waals surface area contributed by atoms with Crippen molar-refractivity contribution < 1.29 is 9.59 Å². The van der Waals surface area contributed by atoms with E-state index in [0.717, 1.165) is 22.0 Å². The number of hydrogen-bond acceptors (Lipinski definition) is 4. The zero-order chi connectivity index (χ0) is 19.3. The largest absolute Gasteiger partial charge is 0.325 e. The van der Waals surface area contributed by atoms with Crippen LogP contribution < -0.4 is 10.6 Å². The van der Waals surface area contributed by atoms with Gasteiger partial charge in [0.15, 0.2) is 5.17 Å². The fourth-order valence-corrected chi connectivity index (χ4v) is 3.83. The number of carbonyl (C=O) groups is 2. The maximum atomic E-state index is 12.3. The number of benzene rings is 3. The first-order valence-corrected chi connectivity index (χ1v) is 10.00. The third-order valence-corrected chi connectivity index (χ3v) is 5.34. The Morgan fingerprint density at radius 3 is 2.61 bits per heavy atom. The minimum Gasteiger partial charge on any atom is -0.325 e. The zero-order valence-corrected chi connectivity index (χ0v) is 15.9.